The van der Waals surface area contributed by atoms with Crippen molar-refractivity contribution in [3.63, 3.8) is 0 Å². The van der Waals surface area contributed by atoms with Gasteiger partial charge < -0.3 is 14.3 Å². The maximum Gasteiger partial charge on any atom is 0.0780 e. The molecule has 112 valence electrons. The van der Waals surface area contributed by atoms with Gasteiger partial charge in [0.15, 0.2) is 0 Å². The van der Waals surface area contributed by atoms with Gasteiger partial charge in [0.25, 0.3) is 0 Å². The standard InChI is InChI=1S/C15H34NO.FH/c1-5-6-12-15(17)13-10-8-7-9-11-14-16(2,3)4;/h15,17H,5-14H2,1-4H3;1H/q+1;/p-1. The molecule has 18 heavy (non-hydrogen) atoms. The quantitative estimate of drug-likeness (QED) is 0.427. The first-order valence-electron chi connectivity index (χ1n) is 7.44. The lowest BCUT2D eigenvalue weighted by Gasteiger charge is -2.23. The predicted molar refractivity (Wildman–Crippen MR) is 76.1 cm³/mol. The van der Waals surface area contributed by atoms with Gasteiger partial charge in [0.2, 0.25) is 0 Å². The number of rotatable bonds is 11. The SMILES string of the molecule is CCCCC(O)CCCCCCC[N+](C)(C)C.[F-]. The van der Waals surface area contributed by atoms with E-state index in [0.29, 0.717) is 0 Å². The van der Waals surface area contributed by atoms with Crippen molar-refractivity contribution in [1.82, 2.24) is 0 Å². The number of nitrogens with zero attached hydrogens (tertiary/aromatic N) is 1. The molecule has 0 aliphatic rings. The monoisotopic (exact) mass is 263 g/mol. The van der Waals surface area contributed by atoms with Crippen molar-refractivity contribution in [3.05, 3.63) is 0 Å². The van der Waals surface area contributed by atoms with Crippen molar-refractivity contribution in [1.29, 1.82) is 0 Å². The Morgan fingerprint density at radius 2 is 1.33 bits per heavy atom. The summed E-state index contributed by atoms with van der Waals surface area (Å²) in [6.07, 6.45) is 10.8. The van der Waals surface area contributed by atoms with Gasteiger partial charge in [-0.3, -0.25) is 0 Å². The number of halogens is 1. The van der Waals surface area contributed by atoms with Gasteiger partial charge in [-0.05, 0) is 25.7 Å². The Morgan fingerprint density at radius 1 is 0.833 bits per heavy atom. The average Bonchev–Trinajstić information content (AvgIpc) is 2.23. The van der Waals surface area contributed by atoms with Crippen molar-refractivity contribution < 1.29 is 14.3 Å². The molecule has 2 nitrogen and oxygen atoms in total. The second-order valence-electron chi connectivity index (χ2n) is 6.37. The molecule has 0 aliphatic carbocycles. The van der Waals surface area contributed by atoms with E-state index in [2.05, 4.69) is 28.1 Å². The molecule has 0 bridgehead atoms. The highest BCUT2D eigenvalue weighted by Gasteiger charge is 2.06. The Bertz CT molecular complexity index is 168. The molecule has 0 aromatic rings. The third-order valence-corrected chi connectivity index (χ3v) is 3.26. The van der Waals surface area contributed by atoms with Crippen LogP contribution in [0.15, 0.2) is 0 Å². The largest absolute Gasteiger partial charge is 1.00 e. The highest BCUT2D eigenvalue weighted by Crippen LogP contribution is 2.11. The first kappa shape index (κ1) is 20.2. The van der Waals surface area contributed by atoms with Crippen LogP contribution in [0.2, 0.25) is 0 Å². The van der Waals surface area contributed by atoms with Gasteiger partial charge in [-0.15, -0.1) is 0 Å². The molecule has 0 rings (SSSR count). The highest BCUT2D eigenvalue weighted by atomic mass is 19.0. The number of aliphatic hydroxyl groups is 1. The summed E-state index contributed by atoms with van der Waals surface area (Å²) in [6, 6.07) is 0. The van der Waals surface area contributed by atoms with Crippen LogP contribution in [0, 0.1) is 0 Å². The first-order chi connectivity index (χ1) is 7.95. The van der Waals surface area contributed by atoms with Crippen LogP contribution in [-0.2, 0) is 0 Å². The molecule has 0 aromatic heterocycles. The van der Waals surface area contributed by atoms with Crippen molar-refractivity contribution in [2.75, 3.05) is 27.7 Å². The first-order valence-corrected chi connectivity index (χ1v) is 7.44. The van der Waals surface area contributed by atoms with Crippen molar-refractivity contribution in [3.8, 4) is 0 Å². The second-order valence-corrected chi connectivity index (χ2v) is 6.37. The Labute approximate surface area is 113 Å². The molecule has 0 aliphatic heterocycles. The molecule has 0 radical (unpaired) electrons. The van der Waals surface area contributed by atoms with Gasteiger partial charge in [0.1, 0.15) is 0 Å². The van der Waals surface area contributed by atoms with E-state index >= 15 is 0 Å². The molecule has 1 atom stereocenters. The maximum absolute atomic E-state index is 9.69. The number of quaternary nitrogens is 1. The summed E-state index contributed by atoms with van der Waals surface area (Å²) in [7, 11) is 6.76. The fourth-order valence-electron chi connectivity index (χ4n) is 2.08. The lowest BCUT2D eigenvalue weighted by molar-refractivity contribution is -0.870. The summed E-state index contributed by atoms with van der Waals surface area (Å²) < 4.78 is 1.08. The van der Waals surface area contributed by atoms with E-state index in [4.69, 9.17) is 0 Å². The van der Waals surface area contributed by atoms with E-state index in [1.54, 1.807) is 0 Å². The van der Waals surface area contributed by atoms with Crippen LogP contribution in [0.1, 0.15) is 64.7 Å². The minimum atomic E-state index is -0.0406. The Kier molecular flexibility index (Phi) is 13.4. The summed E-state index contributed by atoms with van der Waals surface area (Å²) >= 11 is 0. The third-order valence-electron chi connectivity index (χ3n) is 3.26. The fraction of sp³-hybridized carbons (Fsp3) is 1.00. The molecule has 0 heterocycles. The van der Waals surface area contributed by atoms with Gasteiger partial charge in [-0.2, -0.15) is 0 Å². The molecule has 0 aromatic carbocycles. The van der Waals surface area contributed by atoms with E-state index in [0.717, 1.165) is 17.3 Å². The minimum absolute atomic E-state index is 0. The molecule has 0 spiro atoms. The van der Waals surface area contributed by atoms with Gasteiger partial charge >= 0.3 is 0 Å². The van der Waals surface area contributed by atoms with Gasteiger partial charge in [-0.25, -0.2) is 0 Å². The molecular weight excluding hydrogens is 229 g/mol. The molecule has 1 unspecified atom stereocenters. The van der Waals surface area contributed by atoms with Gasteiger partial charge in [0.05, 0.1) is 33.8 Å². The van der Waals surface area contributed by atoms with Gasteiger partial charge in [-0.1, -0.05) is 39.0 Å². The van der Waals surface area contributed by atoms with Gasteiger partial charge in [0, 0.05) is 0 Å². The van der Waals surface area contributed by atoms with Crippen LogP contribution in [0.25, 0.3) is 0 Å². The Hall–Kier alpha value is -0.150. The number of hydrogen-bond donors (Lipinski definition) is 1. The van der Waals surface area contributed by atoms with E-state index in [-0.39, 0.29) is 10.8 Å². The summed E-state index contributed by atoms with van der Waals surface area (Å²) in [5.41, 5.74) is 0. The second kappa shape index (κ2) is 11.9. The van der Waals surface area contributed by atoms with E-state index in [1.165, 1.54) is 51.5 Å². The van der Waals surface area contributed by atoms with E-state index < -0.39 is 0 Å². The van der Waals surface area contributed by atoms with Crippen LogP contribution >= 0.6 is 0 Å². The summed E-state index contributed by atoms with van der Waals surface area (Å²) in [5, 5.41) is 9.69. The lowest BCUT2D eigenvalue weighted by Crippen LogP contribution is -3.00. The molecule has 1 N–H and O–H groups in total. The zero-order valence-electron chi connectivity index (χ0n) is 12.9. The summed E-state index contributed by atoms with van der Waals surface area (Å²) in [4.78, 5) is 0. The van der Waals surface area contributed by atoms with Crippen molar-refractivity contribution in [2.24, 2.45) is 0 Å². The summed E-state index contributed by atoms with van der Waals surface area (Å²) in [6.45, 7) is 3.46. The maximum atomic E-state index is 9.69. The Morgan fingerprint density at radius 3 is 1.89 bits per heavy atom. The minimum Gasteiger partial charge on any atom is -1.00 e. The van der Waals surface area contributed by atoms with Crippen molar-refractivity contribution >= 4 is 0 Å². The van der Waals surface area contributed by atoms with E-state index in [1.807, 2.05) is 0 Å². The zero-order chi connectivity index (χ0) is 13.1. The van der Waals surface area contributed by atoms with Crippen LogP contribution in [-0.4, -0.2) is 43.4 Å². The molecule has 0 saturated heterocycles. The van der Waals surface area contributed by atoms with Crippen LogP contribution < -0.4 is 4.70 Å². The molecule has 0 amide bonds. The molecule has 0 saturated carbocycles. The molecular formula is C15H34FNO. The highest BCUT2D eigenvalue weighted by molar-refractivity contribution is 4.56. The number of unbranched alkanes of at least 4 members (excludes halogenated alkanes) is 5. The third kappa shape index (κ3) is 15.9. The molecule has 3 heteroatoms. The normalized spacial score (nSPS) is 13.2. The van der Waals surface area contributed by atoms with Crippen LogP contribution in [0.4, 0.5) is 0 Å². The fourth-order valence-corrected chi connectivity index (χ4v) is 2.08. The Balaban J connectivity index is 0. The van der Waals surface area contributed by atoms with E-state index in [9.17, 15) is 5.11 Å². The van der Waals surface area contributed by atoms with Crippen molar-refractivity contribution in [2.45, 2.75) is 70.8 Å². The average molecular weight is 263 g/mol. The summed E-state index contributed by atoms with van der Waals surface area (Å²) in [5.74, 6) is 0. The number of hydrogen-bond acceptors (Lipinski definition) is 1. The zero-order valence-corrected chi connectivity index (χ0v) is 12.9. The lowest BCUT2D eigenvalue weighted by atomic mass is 10.0. The molecule has 0 fully saturated rings. The van der Waals surface area contributed by atoms with Crippen LogP contribution in [0.3, 0.4) is 0 Å². The number of aliphatic hydroxyl groups excluding tert-OH is 1. The topological polar surface area (TPSA) is 20.2 Å². The predicted octanol–water partition coefficient (Wildman–Crippen LogP) is 0.588. The van der Waals surface area contributed by atoms with Crippen LogP contribution in [0.5, 0.6) is 0 Å². The smallest absolute Gasteiger partial charge is 0.0780 e.